The lowest BCUT2D eigenvalue weighted by Crippen LogP contribution is -2.38. The second-order valence-electron chi connectivity index (χ2n) is 8.97. The fourth-order valence-electron chi connectivity index (χ4n) is 4.86. The number of benzene rings is 4. The van der Waals surface area contributed by atoms with E-state index in [-0.39, 0.29) is 11.9 Å². The van der Waals surface area contributed by atoms with Gasteiger partial charge in [-0.15, -0.1) is 0 Å². The van der Waals surface area contributed by atoms with Crippen LogP contribution in [0.15, 0.2) is 107 Å². The van der Waals surface area contributed by atoms with Crippen molar-refractivity contribution in [2.24, 2.45) is 0 Å². The zero-order valence-electron chi connectivity index (χ0n) is 19.7. The molecule has 4 aromatic carbocycles. The number of hydrogen-bond acceptors (Lipinski definition) is 3. The van der Waals surface area contributed by atoms with Gasteiger partial charge < -0.3 is 10.2 Å². The van der Waals surface area contributed by atoms with Gasteiger partial charge in [0.05, 0.1) is 17.8 Å². The maximum atomic E-state index is 13.7. The largest absolute Gasteiger partial charge is 0.326 e. The molecular weight excluding hydrogens is 466 g/mol. The number of fused-ring (bicyclic) bond motifs is 3. The Bertz CT molecular complexity index is 1450. The van der Waals surface area contributed by atoms with Crippen LogP contribution in [0, 0.1) is 0 Å². The molecule has 6 heteroatoms. The first kappa shape index (κ1) is 22.4. The van der Waals surface area contributed by atoms with E-state index in [0.29, 0.717) is 24.3 Å². The van der Waals surface area contributed by atoms with Crippen molar-refractivity contribution >= 4 is 40.8 Å². The summed E-state index contributed by atoms with van der Waals surface area (Å²) in [4.78, 5) is 32.6. The van der Waals surface area contributed by atoms with Crippen molar-refractivity contribution in [1.29, 1.82) is 0 Å². The summed E-state index contributed by atoms with van der Waals surface area (Å²) in [6.45, 7) is 1.12. The van der Waals surface area contributed by atoms with Crippen molar-refractivity contribution in [3.63, 3.8) is 0 Å². The lowest BCUT2D eigenvalue weighted by Gasteiger charge is -2.30. The monoisotopic (exact) mass is 491 g/mol. The molecule has 3 amide bonds. The molecule has 2 aliphatic heterocycles. The Morgan fingerprint density at radius 3 is 2.50 bits per heavy atom. The third-order valence-electron chi connectivity index (χ3n) is 6.62. The molecule has 1 N–H and O–H groups in total. The molecule has 0 atom stereocenters. The predicted molar refractivity (Wildman–Crippen MR) is 145 cm³/mol. The summed E-state index contributed by atoms with van der Waals surface area (Å²) in [5.74, 6) is -0.0471. The molecule has 0 spiro atoms. The smallest absolute Gasteiger partial charge is 0.307 e. The van der Waals surface area contributed by atoms with Crippen molar-refractivity contribution in [3.8, 4) is 0 Å². The molecule has 2 aliphatic rings. The highest BCUT2D eigenvalue weighted by Gasteiger charge is 2.28. The van der Waals surface area contributed by atoms with Crippen molar-refractivity contribution < 1.29 is 9.59 Å². The molecule has 36 heavy (non-hydrogen) atoms. The second-order valence-corrected chi connectivity index (χ2v) is 10.1. The number of urea groups is 1. The standard InChI is InChI=1S/C30H25N3O2S/c34-29-24-13-5-7-15-27(24)36-28-17-16-23(19-26(28)33(29)20-21-9-2-1-3-10-21)31-30(35)32-18-8-12-22-11-4-6-14-25(22)32/h1-7,9-11,13-17,19H,8,12,18,20H2,(H,31,35). The molecule has 0 fully saturated rings. The normalized spacial score (nSPS) is 14.4. The van der Waals surface area contributed by atoms with Crippen LogP contribution in [0.4, 0.5) is 21.9 Å². The van der Waals surface area contributed by atoms with Crippen molar-refractivity contribution in [2.45, 2.75) is 29.2 Å². The molecule has 0 saturated carbocycles. The first-order chi connectivity index (χ1) is 17.7. The summed E-state index contributed by atoms with van der Waals surface area (Å²) in [6, 6.07) is 31.4. The van der Waals surface area contributed by atoms with Crippen LogP contribution in [0.1, 0.15) is 27.9 Å². The highest BCUT2D eigenvalue weighted by molar-refractivity contribution is 7.99. The lowest BCUT2D eigenvalue weighted by atomic mass is 10.0. The molecule has 178 valence electrons. The van der Waals surface area contributed by atoms with Crippen molar-refractivity contribution in [3.05, 3.63) is 114 Å². The number of nitrogens with zero attached hydrogens (tertiary/aromatic N) is 2. The van der Waals surface area contributed by atoms with Crippen LogP contribution in [0.5, 0.6) is 0 Å². The fourth-order valence-corrected chi connectivity index (χ4v) is 5.92. The van der Waals surface area contributed by atoms with Gasteiger partial charge in [0.2, 0.25) is 0 Å². The van der Waals surface area contributed by atoms with E-state index in [1.165, 1.54) is 5.56 Å². The minimum absolute atomic E-state index is 0.0471. The van der Waals surface area contributed by atoms with E-state index in [2.05, 4.69) is 11.4 Å². The molecule has 0 unspecified atom stereocenters. The average Bonchev–Trinajstić information content (AvgIpc) is 3.03. The highest BCUT2D eigenvalue weighted by atomic mass is 32.2. The van der Waals surface area contributed by atoms with Crippen LogP contribution >= 0.6 is 11.8 Å². The average molecular weight is 492 g/mol. The number of carbonyl (C=O) groups excluding carboxylic acids is 2. The van der Waals surface area contributed by atoms with Gasteiger partial charge in [-0.1, -0.05) is 72.4 Å². The van der Waals surface area contributed by atoms with E-state index < -0.39 is 0 Å². The Morgan fingerprint density at radius 2 is 1.61 bits per heavy atom. The Balaban J connectivity index is 1.35. The third-order valence-corrected chi connectivity index (χ3v) is 7.76. The second kappa shape index (κ2) is 9.55. The zero-order chi connectivity index (χ0) is 24.5. The molecule has 2 heterocycles. The Labute approximate surface area is 214 Å². The van der Waals surface area contributed by atoms with Crippen molar-refractivity contribution in [1.82, 2.24) is 0 Å². The molecular formula is C30H25N3O2S. The maximum Gasteiger partial charge on any atom is 0.326 e. The number of anilines is 3. The molecule has 0 aromatic heterocycles. The van der Waals surface area contributed by atoms with Crippen LogP contribution < -0.4 is 15.1 Å². The SMILES string of the molecule is O=C(Nc1ccc2c(c1)N(Cc1ccccc1)C(=O)c1ccccc1S2)N1CCCc2ccccc21. The fraction of sp³-hybridized carbons (Fsp3) is 0.133. The lowest BCUT2D eigenvalue weighted by molar-refractivity contribution is 0.0982. The van der Waals surface area contributed by atoms with Gasteiger partial charge in [0.15, 0.2) is 0 Å². The molecule has 5 nitrogen and oxygen atoms in total. The molecule has 0 bridgehead atoms. The van der Waals surface area contributed by atoms with Crippen LogP contribution in [0.25, 0.3) is 0 Å². The first-order valence-electron chi connectivity index (χ1n) is 12.1. The van der Waals surface area contributed by atoms with Crippen LogP contribution in [0.2, 0.25) is 0 Å². The number of aryl methyl sites for hydroxylation is 1. The van der Waals surface area contributed by atoms with Gasteiger partial charge in [0.1, 0.15) is 0 Å². The number of amides is 3. The minimum Gasteiger partial charge on any atom is -0.307 e. The van der Waals surface area contributed by atoms with E-state index in [1.807, 2.05) is 101 Å². The summed E-state index contributed by atoms with van der Waals surface area (Å²) in [5, 5.41) is 3.08. The van der Waals surface area contributed by atoms with E-state index in [1.54, 1.807) is 11.8 Å². The quantitative estimate of drug-likeness (QED) is 0.336. The number of carbonyl (C=O) groups is 2. The predicted octanol–water partition coefficient (Wildman–Crippen LogP) is 6.98. The summed E-state index contributed by atoms with van der Waals surface area (Å²) >= 11 is 1.58. The minimum atomic E-state index is -0.160. The van der Waals surface area contributed by atoms with E-state index in [9.17, 15) is 9.59 Å². The molecule has 0 saturated heterocycles. The zero-order valence-corrected chi connectivity index (χ0v) is 20.5. The van der Waals surface area contributed by atoms with Gasteiger partial charge in [0.25, 0.3) is 5.91 Å². The number of para-hydroxylation sites is 1. The van der Waals surface area contributed by atoms with Gasteiger partial charge >= 0.3 is 6.03 Å². The van der Waals surface area contributed by atoms with Gasteiger partial charge in [-0.2, -0.15) is 0 Å². The van der Waals surface area contributed by atoms with E-state index in [0.717, 1.165) is 39.6 Å². The summed E-state index contributed by atoms with van der Waals surface area (Å²) < 4.78 is 0. The van der Waals surface area contributed by atoms with Crippen LogP contribution in [0.3, 0.4) is 0 Å². The topological polar surface area (TPSA) is 52.7 Å². The number of rotatable bonds is 3. The molecule has 0 radical (unpaired) electrons. The Hall–Kier alpha value is -4.03. The molecule has 4 aromatic rings. The van der Waals surface area contributed by atoms with Gasteiger partial charge in [-0.05, 0) is 60.4 Å². The number of hydrogen-bond donors (Lipinski definition) is 1. The maximum absolute atomic E-state index is 13.7. The summed E-state index contributed by atoms with van der Waals surface area (Å²) in [6.07, 6.45) is 1.91. The van der Waals surface area contributed by atoms with Gasteiger partial charge in [-0.25, -0.2) is 4.79 Å². The van der Waals surface area contributed by atoms with Crippen molar-refractivity contribution in [2.75, 3.05) is 21.7 Å². The van der Waals surface area contributed by atoms with E-state index >= 15 is 0 Å². The molecule has 0 aliphatic carbocycles. The van der Waals surface area contributed by atoms with Gasteiger partial charge in [0, 0.05) is 27.7 Å². The summed E-state index contributed by atoms with van der Waals surface area (Å²) in [5.41, 5.74) is 5.34. The number of nitrogens with one attached hydrogen (secondary N) is 1. The summed E-state index contributed by atoms with van der Waals surface area (Å²) in [7, 11) is 0. The van der Waals surface area contributed by atoms with Crippen LogP contribution in [-0.2, 0) is 13.0 Å². The Kier molecular flexibility index (Phi) is 5.95. The Morgan fingerprint density at radius 1 is 0.833 bits per heavy atom. The van der Waals surface area contributed by atoms with E-state index in [4.69, 9.17) is 0 Å². The van der Waals surface area contributed by atoms with Crippen LogP contribution in [-0.4, -0.2) is 18.5 Å². The third kappa shape index (κ3) is 4.25. The highest BCUT2D eigenvalue weighted by Crippen LogP contribution is 2.43. The van der Waals surface area contributed by atoms with Gasteiger partial charge in [-0.3, -0.25) is 9.69 Å². The molecule has 6 rings (SSSR count). The first-order valence-corrected chi connectivity index (χ1v) is 12.9.